The number of benzene rings is 2. The van der Waals surface area contributed by atoms with Crippen LogP contribution in [-0.4, -0.2) is 53.6 Å². The zero-order chi connectivity index (χ0) is 32.0. The number of nitrogens with zero attached hydrogens (tertiary/aromatic N) is 4. The van der Waals surface area contributed by atoms with Crippen LogP contribution in [0.5, 0.6) is 5.88 Å². The van der Waals surface area contributed by atoms with Crippen LogP contribution in [-0.2, 0) is 37.9 Å². The van der Waals surface area contributed by atoms with Gasteiger partial charge in [0.1, 0.15) is 17.0 Å². The van der Waals surface area contributed by atoms with Crippen molar-refractivity contribution in [2.45, 2.75) is 24.0 Å². The maximum Gasteiger partial charge on any atom is 0.534 e. The van der Waals surface area contributed by atoms with Crippen LogP contribution in [0.4, 0.5) is 39.5 Å². The topological polar surface area (TPSA) is 130 Å². The number of aromatic nitrogens is 4. The Bertz CT molecular complexity index is 1900. The van der Waals surface area contributed by atoms with E-state index in [4.69, 9.17) is 4.74 Å². The summed E-state index contributed by atoms with van der Waals surface area (Å²) in [5.74, 6) is -8.43. The first-order chi connectivity index (χ1) is 19.8. The van der Waals surface area contributed by atoms with Crippen molar-refractivity contribution in [3.05, 3.63) is 71.2 Å². The van der Waals surface area contributed by atoms with E-state index >= 15 is 4.39 Å². The number of hydrogen-bond donors (Lipinski definition) is 0. The molecule has 0 amide bonds. The first kappa shape index (κ1) is 31.9. The number of rotatable bonds is 9. The molecule has 2 heterocycles. The molecule has 10 nitrogen and oxygen atoms in total. The Morgan fingerprint density at radius 3 is 2.12 bits per heavy atom. The highest BCUT2D eigenvalue weighted by molar-refractivity contribution is 7.90. The van der Waals surface area contributed by atoms with E-state index in [1.165, 1.54) is 0 Å². The molecular weight excluding hydrogens is 651 g/mol. The molecule has 0 aliphatic heterocycles. The predicted octanol–water partition coefficient (Wildman–Crippen LogP) is 4.60. The van der Waals surface area contributed by atoms with Crippen LogP contribution in [0.25, 0.3) is 22.4 Å². The van der Waals surface area contributed by atoms with Crippen molar-refractivity contribution in [3.8, 4) is 17.4 Å². The lowest BCUT2D eigenvalue weighted by molar-refractivity contribution is -0.0503. The summed E-state index contributed by atoms with van der Waals surface area (Å²) in [6.45, 7) is -0.496. The second-order valence-electron chi connectivity index (χ2n) is 8.31. The summed E-state index contributed by atoms with van der Waals surface area (Å²) in [5.41, 5.74) is -15.2. The molecule has 0 N–H and O–H groups in total. The van der Waals surface area contributed by atoms with Gasteiger partial charge in [0.2, 0.25) is 5.82 Å². The first-order valence-corrected chi connectivity index (χ1v) is 14.1. The molecule has 0 atom stereocenters. The fourth-order valence-electron chi connectivity index (χ4n) is 3.45. The lowest BCUT2D eigenvalue weighted by Gasteiger charge is -2.12. The van der Waals surface area contributed by atoms with Crippen LogP contribution in [0, 0.1) is 17.5 Å². The van der Waals surface area contributed by atoms with Gasteiger partial charge in [-0.05, 0) is 11.6 Å². The van der Waals surface area contributed by atoms with Crippen molar-refractivity contribution < 1.29 is 65.3 Å². The van der Waals surface area contributed by atoms with Crippen LogP contribution < -0.4 is 4.18 Å². The summed E-state index contributed by atoms with van der Waals surface area (Å²) in [4.78, 5) is 6.71. The average Bonchev–Trinajstić information content (AvgIpc) is 3.28. The van der Waals surface area contributed by atoms with Crippen LogP contribution in [0.15, 0.2) is 42.5 Å². The first-order valence-electron chi connectivity index (χ1n) is 11.2. The van der Waals surface area contributed by atoms with Crippen LogP contribution >= 0.6 is 0 Å². The quantitative estimate of drug-likeness (QED) is 0.109. The van der Waals surface area contributed by atoms with Gasteiger partial charge in [0.25, 0.3) is 5.88 Å². The minimum atomic E-state index is -6.60. The molecule has 0 aliphatic rings. The van der Waals surface area contributed by atoms with E-state index in [1.54, 1.807) is 30.3 Å². The summed E-state index contributed by atoms with van der Waals surface area (Å²) in [5, 5.41) is 2.03. The SMILES string of the molecule is O=S(=O)(Oc1nc(-c2nn(S(=O)(=O)C(F)(F)F)c3c(F)cc(F)cc23)nc(CCOCc2ccccc2)c1F)C(F)(F)F. The Morgan fingerprint density at radius 1 is 0.860 bits per heavy atom. The Labute approximate surface area is 234 Å². The van der Waals surface area contributed by atoms with Gasteiger partial charge in [0.05, 0.1) is 18.9 Å². The van der Waals surface area contributed by atoms with Crippen molar-refractivity contribution in [1.29, 1.82) is 0 Å². The lowest BCUT2D eigenvalue weighted by Crippen LogP contribution is -2.30. The molecule has 2 aromatic heterocycles. The molecule has 0 bridgehead atoms. The largest absolute Gasteiger partial charge is 0.534 e. The smallest absolute Gasteiger partial charge is 0.376 e. The van der Waals surface area contributed by atoms with Gasteiger partial charge in [-0.25, -0.2) is 13.8 Å². The second-order valence-corrected chi connectivity index (χ2v) is 11.6. The third-order valence-electron chi connectivity index (χ3n) is 5.35. The zero-order valence-corrected chi connectivity index (χ0v) is 22.3. The molecular formula is C22H13F9N4O6S2. The number of hydrogen-bond acceptors (Lipinski definition) is 9. The van der Waals surface area contributed by atoms with E-state index in [-0.39, 0.29) is 18.7 Å². The van der Waals surface area contributed by atoms with Crippen LogP contribution in [0.3, 0.4) is 0 Å². The zero-order valence-electron chi connectivity index (χ0n) is 20.6. The fourth-order valence-corrected chi connectivity index (χ4v) is 4.68. The summed E-state index contributed by atoms with van der Waals surface area (Å²) in [7, 11) is -13.1. The third kappa shape index (κ3) is 6.37. The maximum atomic E-state index is 15.1. The fraction of sp³-hybridized carbons (Fsp3) is 0.227. The van der Waals surface area contributed by atoms with Gasteiger partial charge in [-0.15, -0.1) is 4.09 Å². The standard InChI is InChI=1S/C22H13F9N4O6S2/c23-12-8-13-17(34-35(18(13)14(24)9-12)42(36,37)21(26,27)28)19-32-15(6-7-40-10-11-4-2-1-3-5-11)16(25)20(33-19)41-43(38,39)22(29,30)31/h1-5,8-9H,6-7,10H2. The van der Waals surface area contributed by atoms with Crippen molar-refractivity contribution in [2.75, 3.05) is 6.61 Å². The summed E-state index contributed by atoms with van der Waals surface area (Å²) >= 11 is 0. The molecule has 0 spiro atoms. The van der Waals surface area contributed by atoms with Crippen molar-refractivity contribution >= 4 is 31.0 Å². The molecule has 2 aromatic carbocycles. The van der Waals surface area contributed by atoms with Crippen LogP contribution in [0.1, 0.15) is 11.3 Å². The van der Waals surface area contributed by atoms with E-state index in [9.17, 15) is 52.0 Å². The van der Waals surface area contributed by atoms with Gasteiger partial charge >= 0.3 is 31.2 Å². The molecule has 0 aliphatic carbocycles. The van der Waals surface area contributed by atoms with E-state index < -0.39 is 99.7 Å². The molecule has 0 saturated carbocycles. The molecule has 0 unspecified atom stereocenters. The minimum absolute atomic E-state index is 0.00164. The third-order valence-corrected chi connectivity index (χ3v) is 7.60. The lowest BCUT2D eigenvalue weighted by atomic mass is 10.2. The van der Waals surface area contributed by atoms with E-state index in [2.05, 4.69) is 19.2 Å². The highest BCUT2D eigenvalue weighted by Gasteiger charge is 2.50. The van der Waals surface area contributed by atoms with Gasteiger partial charge in [0, 0.05) is 17.9 Å². The van der Waals surface area contributed by atoms with E-state index in [1.807, 2.05) is 0 Å². The van der Waals surface area contributed by atoms with Crippen molar-refractivity contribution in [3.63, 3.8) is 0 Å². The summed E-state index contributed by atoms with van der Waals surface area (Å²) in [6, 6.07) is 8.59. The Balaban J connectivity index is 1.89. The van der Waals surface area contributed by atoms with E-state index in [0.29, 0.717) is 5.56 Å². The van der Waals surface area contributed by atoms with E-state index in [0.717, 1.165) is 0 Å². The molecule has 21 heteroatoms. The minimum Gasteiger partial charge on any atom is -0.376 e. The molecule has 4 rings (SSSR count). The Morgan fingerprint density at radius 2 is 1.51 bits per heavy atom. The number of ether oxygens (including phenoxy) is 1. The number of fused-ring (bicyclic) bond motifs is 1. The maximum absolute atomic E-state index is 15.1. The second kappa shape index (κ2) is 11.3. The van der Waals surface area contributed by atoms with Gasteiger partial charge in [-0.2, -0.15) is 57.7 Å². The Hall–Kier alpha value is -3.98. The average molecular weight is 664 g/mol. The van der Waals surface area contributed by atoms with Crippen LogP contribution in [0.2, 0.25) is 0 Å². The van der Waals surface area contributed by atoms with Gasteiger partial charge in [0.15, 0.2) is 11.6 Å². The monoisotopic (exact) mass is 664 g/mol. The highest BCUT2D eigenvalue weighted by atomic mass is 32.2. The molecule has 43 heavy (non-hydrogen) atoms. The van der Waals surface area contributed by atoms with Crippen molar-refractivity contribution in [2.24, 2.45) is 0 Å². The molecule has 0 saturated heterocycles. The number of halogens is 9. The molecule has 0 radical (unpaired) electrons. The highest BCUT2D eigenvalue weighted by Crippen LogP contribution is 2.36. The van der Waals surface area contributed by atoms with Gasteiger partial charge in [-0.1, -0.05) is 30.3 Å². The summed E-state index contributed by atoms with van der Waals surface area (Å²) < 4.78 is 178. The molecule has 0 fully saturated rings. The van der Waals surface area contributed by atoms with Gasteiger partial charge < -0.3 is 8.92 Å². The molecule has 232 valence electrons. The van der Waals surface area contributed by atoms with Crippen molar-refractivity contribution in [1.82, 2.24) is 19.2 Å². The Kier molecular flexibility index (Phi) is 8.37. The molecule has 4 aromatic rings. The van der Waals surface area contributed by atoms with Gasteiger partial charge in [-0.3, -0.25) is 0 Å². The predicted molar refractivity (Wildman–Crippen MR) is 126 cm³/mol. The number of alkyl halides is 6. The normalized spacial score (nSPS) is 13.0. The summed E-state index contributed by atoms with van der Waals surface area (Å²) in [6.07, 6.45) is -0.654.